The van der Waals surface area contributed by atoms with Crippen LogP contribution in [0.3, 0.4) is 0 Å². The minimum absolute atomic E-state index is 0.0332. The third-order valence-electron chi connectivity index (χ3n) is 8.39. The summed E-state index contributed by atoms with van der Waals surface area (Å²) in [5.41, 5.74) is 3.46. The maximum absolute atomic E-state index is 14.0. The van der Waals surface area contributed by atoms with Crippen molar-refractivity contribution in [2.24, 2.45) is 5.92 Å². The van der Waals surface area contributed by atoms with E-state index in [4.69, 9.17) is 4.74 Å². The van der Waals surface area contributed by atoms with Gasteiger partial charge < -0.3 is 9.30 Å². The van der Waals surface area contributed by atoms with Gasteiger partial charge in [-0.15, -0.1) is 11.8 Å². The van der Waals surface area contributed by atoms with Crippen LogP contribution in [0.2, 0.25) is 18.1 Å². The molecular weight excluding hydrogens is 507 g/mol. The lowest BCUT2D eigenvalue weighted by Crippen LogP contribution is -2.74. The van der Waals surface area contributed by atoms with Gasteiger partial charge in [0.05, 0.1) is 10.1 Å². The topological polar surface area (TPSA) is 46.6 Å². The van der Waals surface area contributed by atoms with Crippen molar-refractivity contribution < 1.29 is 14.3 Å². The van der Waals surface area contributed by atoms with Crippen LogP contribution in [-0.2, 0) is 19.1 Å². The Morgan fingerprint density at radius 2 is 1.29 bits per heavy atom. The van der Waals surface area contributed by atoms with Crippen LogP contribution in [0.1, 0.15) is 50.8 Å². The molecule has 0 aromatic heterocycles. The highest BCUT2D eigenvalue weighted by atomic mass is 32.2. The molecule has 1 saturated heterocycles. The van der Waals surface area contributed by atoms with E-state index in [0.717, 1.165) is 16.7 Å². The van der Waals surface area contributed by atoms with Gasteiger partial charge in [-0.3, -0.25) is 9.59 Å². The number of hydrogen-bond donors (Lipinski definition) is 0. The number of hydrogen-bond acceptors (Lipinski definition) is 4. The molecular formula is C32H39NO3SSi. The van der Waals surface area contributed by atoms with Crippen LogP contribution in [-0.4, -0.2) is 36.7 Å². The number of amides is 1. The van der Waals surface area contributed by atoms with Crippen LogP contribution in [0.4, 0.5) is 0 Å². The van der Waals surface area contributed by atoms with E-state index in [1.165, 1.54) is 0 Å². The van der Waals surface area contributed by atoms with Crippen molar-refractivity contribution in [2.45, 2.75) is 68.5 Å². The molecule has 4 rings (SSSR count). The molecule has 6 heteroatoms. The van der Waals surface area contributed by atoms with Gasteiger partial charge >= 0.3 is 0 Å². The summed E-state index contributed by atoms with van der Waals surface area (Å²) in [6.07, 6.45) is 0.130. The van der Waals surface area contributed by atoms with E-state index in [0.29, 0.717) is 12.9 Å². The normalized spacial score (nSPS) is 19.0. The first-order valence-electron chi connectivity index (χ1n) is 13.4. The van der Waals surface area contributed by atoms with E-state index in [-0.39, 0.29) is 16.3 Å². The molecule has 0 saturated carbocycles. The van der Waals surface area contributed by atoms with Crippen LogP contribution in [0.5, 0.6) is 0 Å². The fraction of sp³-hybridized carbons (Fsp3) is 0.375. The minimum Gasteiger partial charge on any atom is -0.464 e. The smallest absolute Gasteiger partial charge is 0.293 e. The molecule has 1 amide bonds. The quantitative estimate of drug-likeness (QED) is 0.115. The highest BCUT2D eigenvalue weighted by molar-refractivity contribution is 8.01. The first-order valence-corrected chi connectivity index (χ1v) is 17.2. The summed E-state index contributed by atoms with van der Waals surface area (Å²) in [5, 5.41) is -0.192. The Bertz CT molecular complexity index is 1130. The summed E-state index contributed by atoms with van der Waals surface area (Å²) in [5.74, 6) is -0.300. The Labute approximate surface area is 232 Å². The Balaban J connectivity index is 1.97. The zero-order valence-corrected chi connectivity index (χ0v) is 25.1. The lowest BCUT2D eigenvalue weighted by atomic mass is 9.84. The SMILES string of the molecule is CCC(OC=O)C1C(=O)N([Si](C)(C)C(C)(C)C)C1SC(c1ccccc1)(c1ccccc1)c1ccccc1. The Morgan fingerprint density at radius 3 is 1.63 bits per heavy atom. The summed E-state index contributed by atoms with van der Waals surface area (Å²) in [4.78, 5) is 25.5. The van der Waals surface area contributed by atoms with Crippen LogP contribution in [0.25, 0.3) is 0 Å². The molecule has 1 heterocycles. The second kappa shape index (κ2) is 11.1. The highest BCUT2D eigenvalue weighted by Crippen LogP contribution is 2.57. The molecule has 0 spiro atoms. The largest absolute Gasteiger partial charge is 0.464 e. The van der Waals surface area contributed by atoms with E-state index >= 15 is 0 Å². The third-order valence-corrected chi connectivity index (χ3v) is 15.8. The molecule has 0 N–H and O–H groups in total. The molecule has 3 aromatic rings. The minimum atomic E-state index is -2.25. The van der Waals surface area contributed by atoms with E-state index in [2.05, 4.69) is 111 Å². The van der Waals surface area contributed by atoms with Gasteiger partial charge in [0, 0.05) is 0 Å². The third kappa shape index (κ3) is 4.84. The molecule has 1 fully saturated rings. The number of carbonyl (C=O) groups excluding carboxylic acids is 2. The van der Waals surface area contributed by atoms with E-state index in [9.17, 15) is 9.59 Å². The number of thioether (sulfide) groups is 1. The standard InChI is InChI=1S/C32H39NO3SSi/c1-7-27(36-23-34)28-29(35)33(38(5,6)31(2,3)4)30(28)37-32(24-17-11-8-12-18-24,25-19-13-9-14-20-25)26-21-15-10-16-22-26/h8-23,27-28,30H,7H2,1-6H3. The average Bonchev–Trinajstić information content (AvgIpc) is 2.91. The van der Waals surface area contributed by atoms with Crippen molar-refractivity contribution in [3.63, 3.8) is 0 Å². The maximum Gasteiger partial charge on any atom is 0.293 e. The summed E-state index contributed by atoms with van der Waals surface area (Å²) < 4.78 is 7.16. The molecule has 1 aliphatic rings. The first kappa shape index (κ1) is 28.2. The number of ether oxygens (including phenoxy) is 1. The van der Waals surface area contributed by atoms with Crippen LogP contribution >= 0.6 is 11.8 Å². The molecule has 3 atom stereocenters. The molecule has 0 aliphatic carbocycles. The van der Waals surface area contributed by atoms with E-state index < -0.39 is 25.0 Å². The van der Waals surface area contributed by atoms with Crippen molar-refractivity contribution >= 4 is 32.4 Å². The molecule has 0 radical (unpaired) electrons. The molecule has 3 aromatic carbocycles. The maximum atomic E-state index is 14.0. The fourth-order valence-electron chi connectivity index (χ4n) is 5.32. The molecule has 200 valence electrons. The lowest BCUT2D eigenvalue weighted by Gasteiger charge is -2.60. The van der Waals surface area contributed by atoms with Crippen molar-refractivity contribution in [3.05, 3.63) is 108 Å². The average molecular weight is 546 g/mol. The second-order valence-corrected chi connectivity index (χ2v) is 17.9. The predicted octanol–water partition coefficient (Wildman–Crippen LogP) is 7.45. The van der Waals surface area contributed by atoms with Gasteiger partial charge in [0.25, 0.3) is 6.47 Å². The van der Waals surface area contributed by atoms with Crippen molar-refractivity contribution in [1.82, 2.24) is 4.57 Å². The zero-order valence-electron chi connectivity index (χ0n) is 23.3. The van der Waals surface area contributed by atoms with E-state index in [1.807, 2.05) is 36.9 Å². The number of β-lactam (4-membered cyclic amide) rings is 1. The number of carbonyl (C=O) groups is 2. The van der Waals surface area contributed by atoms with Gasteiger partial charge in [-0.2, -0.15) is 0 Å². The lowest BCUT2D eigenvalue weighted by molar-refractivity contribution is -0.156. The predicted molar refractivity (Wildman–Crippen MR) is 159 cm³/mol. The molecule has 4 nitrogen and oxygen atoms in total. The van der Waals surface area contributed by atoms with Gasteiger partial charge in [0.2, 0.25) is 5.91 Å². The molecule has 1 aliphatic heterocycles. The van der Waals surface area contributed by atoms with Gasteiger partial charge in [0.1, 0.15) is 12.0 Å². The summed E-state index contributed by atoms with van der Waals surface area (Å²) in [7, 11) is -2.25. The van der Waals surface area contributed by atoms with Crippen molar-refractivity contribution in [1.29, 1.82) is 0 Å². The molecule has 0 bridgehead atoms. The Kier molecular flexibility index (Phi) is 8.24. The Hall–Kier alpha value is -2.83. The van der Waals surface area contributed by atoms with Gasteiger partial charge in [-0.1, -0.05) is 132 Å². The Morgan fingerprint density at radius 1 is 0.868 bits per heavy atom. The van der Waals surface area contributed by atoms with Gasteiger partial charge in [-0.25, -0.2) is 0 Å². The summed E-state index contributed by atoms with van der Waals surface area (Å²) in [6.45, 7) is 13.8. The monoisotopic (exact) mass is 545 g/mol. The van der Waals surface area contributed by atoms with Crippen molar-refractivity contribution in [2.75, 3.05) is 0 Å². The van der Waals surface area contributed by atoms with Crippen LogP contribution in [0, 0.1) is 5.92 Å². The zero-order chi connectivity index (χ0) is 27.6. The summed E-state index contributed by atoms with van der Waals surface area (Å²) in [6, 6.07) is 31.7. The van der Waals surface area contributed by atoms with Crippen molar-refractivity contribution in [3.8, 4) is 0 Å². The highest BCUT2D eigenvalue weighted by Gasteiger charge is 2.62. The molecule has 3 unspecified atom stereocenters. The number of nitrogens with zero attached hydrogens (tertiary/aromatic N) is 1. The first-order chi connectivity index (χ1) is 18.1. The van der Waals surface area contributed by atoms with Crippen LogP contribution in [0.15, 0.2) is 91.0 Å². The van der Waals surface area contributed by atoms with Gasteiger partial charge in [0.15, 0.2) is 8.24 Å². The van der Waals surface area contributed by atoms with Crippen LogP contribution < -0.4 is 0 Å². The second-order valence-electron chi connectivity index (χ2n) is 11.5. The fourth-order valence-corrected chi connectivity index (χ4v) is 10.3. The number of rotatable bonds is 10. The molecule has 38 heavy (non-hydrogen) atoms. The van der Waals surface area contributed by atoms with E-state index in [1.54, 1.807) is 0 Å². The number of benzene rings is 3. The van der Waals surface area contributed by atoms with Gasteiger partial charge in [-0.05, 0) is 28.1 Å². The summed E-state index contributed by atoms with van der Waals surface area (Å²) >= 11 is 1.81.